The van der Waals surface area contributed by atoms with E-state index in [2.05, 4.69) is 4.98 Å². The monoisotopic (exact) mass is 271 g/mol. The van der Waals surface area contributed by atoms with Crippen molar-refractivity contribution in [3.8, 4) is 0 Å². The van der Waals surface area contributed by atoms with Crippen molar-refractivity contribution in [1.29, 1.82) is 0 Å². The van der Waals surface area contributed by atoms with Crippen molar-refractivity contribution in [2.75, 3.05) is 0 Å². The second-order valence-corrected chi connectivity index (χ2v) is 4.72. The number of benzene rings is 1. The van der Waals surface area contributed by atoms with E-state index >= 15 is 0 Å². The Kier molecular flexibility index (Phi) is 3.97. The van der Waals surface area contributed by atoms with Crippen molar-refractivity contribution < 1.29 is 8.78 Å². The van der Waals surface area contributed by atoms with Gasteiger partial charge in [0.2, 0.25) is 0 Å². The molecule has 0 unspecified atom stereocenters. The van der Waals surface area contributed by atoms with Gasteiger partial charge in [-0.05, 0) is 29.8 Å². The van der Waals surface area contributed by atoms with Crippen LogP contribution in [0.5, 0.6) is 0 Å². The van der Waals surface area contributed by atoms with E-state index in [4.69, 9.17) is 11.6 Å². The van der Waals surface area contributed by atoms with E-state index in [1.165, 1.54) is 23.9 Å². The van der Waals surface area contributed by atoms with Crippen LogP contribution in [-0.2, 0) is 5.75 Å². The van der Waals surface area contributed by atoms with E-state index in [0.717, 1.165) is 11.6 Å². The minimum atomic E-state index is -0.840. The average molecular weight is 272 g/mol. The molecule has 1 heterocycles. The highest BCUT2D eigenvalue weighted by atomic mass is 35.5. The number of rotatable bonds is 3. The van der Waals surface area contributed by atoms with Crippen molar-refractivity contribution in [1.82, 2.24) is 4.98 Å². The van der Waals surface area contributed by atoms with Gasteiger partial charge in [0.15, 0.2) is 11.6 Å². The maximum atomic E-state index is 13.0. The van der Waals surface area contributed by atoms with Crippen LogP contribution in [0, 0.1) is 11.6 Å². The Morgan fingerprint density at radius 1 is 1.18 bits per heavy atom. The molecule has 0 saturated heterocycles. The summed E-state index contributed by atoms with van der Waals surface area (Å²) in [5.41, 5.74) is 0.865. The minimum Gasteiger partial charge on any atom is -0.244 e. The van der Waals surface area contributed by atoms with E-state index < -0.39 is 11.6 Å². The van der Waals surface area contributed by atoms with Crippen LogP contribution in [0.15, 0.2) is 41.4 Å². The molecule has 88 valence electrons. The van der Waals surface area contributed by atoms with Gasteiger partial charge in [0.25, 0.3) is 0 Å². The number of nitrogens with zero attached hydrogens (tertiary/aromatic N) is 1. The molecule has 0 spiro atoms. The molecule has 0 saturated carbocycles. The van der Waals surface area contributed by atoms with Crippen LogP contribution in [0.1, 0.15) is 5.56 Å². The van der Waals surface area contributed by atoms with Crippen LogP contribution in [0.2, 0.25) is 5.15 Å². The van der Waals surface area contributed by atoms with E-state index in [1.54, 1.807) is 12.3 Å². The summed E-state index contributed by atoms with van der Waals surface area (Å²) >= 11 is 7.27. The molecule has 0 atom stereocenters. The Labute approximate surface area is 107 Å². The lowest BCUT2D eigenvalue weighted by molar-refractivity contribution is 0.506. The molecule has 1 nitrogen and oxygen atoms in total. The Morgan fingerprint density at radius 3 is 2.71 bits per heavy atom. The highest BCUT2D eigenvalue weighted by Crippen LogP contribution is 2.26. The zero-order chi connectivity index (χ0) is 12.3. The average Bonchev–Trinajstić information content (AvgIpc) is 2.32. The molecule has 1 aromatic heterocycles. The van der Waals surface area contributed by atoms with Crippen molar-refractivity contribution >= 4 is 23.4 Å². The van der Waals surface area contributed by atoms with Crippen LogP contribution in [-0.4, -0.2) is 4.98 Å². The predicted octanol–water partition coefficient (Wildman–Crippen LogP) is 4.31. The molecule has 0 aliphatic rings. The van der Waals surface area contributed by atoms with Gasteiger partial charge in [-0.3, -0.25) is 0 Å². The standard InChI is InChI=1S/C12H8ClF2NS/c13-12-8(2-1-5-16-12)7-17-9-3-4-10(14)11(15)6-9/h1-6H,7H2. The van der Waals surface area contributed by atoms with Gasteiger partial charge in [-0.2, -0.15) is 0 Å². The van der Waals surface area contributed by atoms with E-state index in [0.29, 0.717) is 15.8 Å². The summed E-state index contributed by atoms with van der Waals surface area (Å²) in [4.78, 5) is 4.60. The molecule has 0 bridgehead atoms. The smallest absolute Gasteiger partial charge is 0.159 e. The summed E-state index contributed by atoms with van der Waals surface area (Å²) < 4.78 is 25.7. The lowest BCUT2D eigenvalue weighted by Gasteiger charge is -2.03. The second kappa shape index (κ2) is 5.47. The fourth-order valence-electron chi connectivity index (χ4n) is 1.25. The molecule has 5 heteroatoms. The Bertz CT molecular complexity index is 534. The Hall–Kier alpha value is -1.13. The van der Waals surface area contributed by atoms with Gasteiger partial charge in [0.1, 0.15) is 5.15 Å². The number of thioether (sulfide) groups is 1. The van der Waals surface area contributed by atoms with Crippen molar-refractivity contribution in [2.45, 2.75) is 10.6 Å². The van der Waals surface area contributed by atoms with Gasteiger partial charge in [0.05, 0.1) is 0 Å². The summed E-state index contributed by atoms with van der Waals surface area (Å²) in [7, 11) is 0. The molecule has 17 heavy (non-hydrogen) atoms. The zero-order valence-electron chi connectivity index (χ0n) is 8.66. The SMILES string of the molecule is Fc1ccc(SCc2cccnc2Cl)cc1F. The highest BCUT2D eigenvalue weighted by molar-refractivity contribution is 7.98. The number of halogens is 3. The van der Waals surface area contributed by atoms with Gasteiger partial charge >= 0.3 is 0 Å². The minimum absolute atomic E-state index is 0.433. The molecule has 0 fully saturated rings. The summed E-state index contributed by atoms with van der Waals surface area (Å²) in [5.74, 6) is -1.11. The van der Waals surface area contributed by atoms with Crippen LogP contribution in [0.25, 0.3) is 0 Å². The molecule has 2 aromatic rings. The van der Waals surface area contributed by atoms with Gasteiger partial charge in [-0.15, -0.1) is 11.8 Å². The molecule has 1 aromatic carbocycles. The first kappa shape index (κ1) is 12.3. The van der Waals surface area contributed by atoms with Crippen LogP contribution in [0.3, 0.4) is 0 Å². The van der Waals surface area contributed by atoms with Crippen molar-refractivity contribution in [3.63, 3.8) is 0 Å². The number of hydrogen-bond acceptors (Lipinski definition) is 2. The molecule has 0 aliphatic carbocycles. The van der Waals surface area contributed by atoms with Gasteiger partial charge in [0, 0.05) is 16.8 Å². The van der Waals surface area contributed by atoms with E-state index in [-0.39, 0.29) is 0 Å². The second-order valence-electron chi connectivity index (χ2n) is 3.32. The molecule has 0 aliphatic heterocycles. The maximum absolute atomic E-state index is 13.0. The lowest BCUT2D eigenvalue weighted by Crippen LogP contribution is -1.87. The fourth-order valence-corrected chi connectivity index (χ4v) is 2.43. The van der Waals surface area contributed by atoms with Gasteiger partial charge < -0.3 is 0 Å². The van der Waals surface area contributed by atoms with Gasteiger partial charge in [-0.25, -0.2) is 13.8 Å². The number of hydrogen-bond donors (Lipinski definition) is 0. The fraction of sp³-hybridized carbons (Fsp3) is 0.0833. The van der Waals surface area contributed by atoms with Crippen LogP contribution < -0.4 is 0 Å². The summed E-state index contributed by atoms with van der Waals surface area (Å²) in [6.07, 6.45) is 1.61. The highest BCUT2D eigenvalue weighted by Gasteiger charge is 2.05. The first-order valence-corrected chi connectivity index (χ1v) is 6.20. The first-order valence-electron chi connectivity index (χ1n) is 4.84. The third-order valence-corrected chi connectivity index (χ3v) is 3.50. The van der Waals surface area contributed by atoms with Crippen LogP contribution in [0.4, 0.5) is 8.78 Å². The summed E-state index contributed by atoms with van der Waals surface area (Å²) in [6.45, 7) is 0. The third-order valence-electron chi connectivity index (χ3n) is 2.12. The zero-order valence-corrected chi connectivity index (χ0v) is 10.2. The van der Waals surface area contributed by atoms with Crippen molar-refractivity contribution in [2.24, 2.45) is 0 Å². The molecule has 0 N–H and O–H groups in total. The van der Waals surface area contributed by atoms with E-state index in [1.807, 2.05) is 6.07 Å². The van der Waals surface area contributed by atoms with Crippen LogP contribution >= 0.6 is 23.4 Å². The largest absolute Gasteiger partial charge is 0.244 e. The molecule has 0 radical (unpaired) electrons. The van der Waals surface area contributed by atoms with Crippen molar-refractivity contribution in [3.05, 3.63) is 58.9 Å². The van der Waals surface area contributed by atoms with Gasteiger partial charge in [-0.1, -0.05) is 17.7 Å². The number of aromatic nitrogens is 1. The number of pyridine rings is 1. The lowest BCUT2D eigenvalue weighted by atomic mass is 10.3. The Morgan fingerprint density at radius 2 is 2.00 bits per heavy atom. The third kappa shape index (κ3) is 3.17. The normalized spacial score (nSPS) is 10.5. The molecule has 0 amide bonds. The maximum Gasteiger partial charge on any atom is 0.159 e. The Balaban J connectivity index is 2.08. The topological polar surface area (TPSA) is 12.9 Å². The summed E-state index contributed by atoms with van der Waals surface area (Å²) in [5, 5.41) is 0.433. The predicted molar refractivity (Wildman–Crippen MR) is 65.2 cm³/mol. The quantitative estimate of drug-likeness (QED) is 0.610. The molecular weight excluding hydrogens is 264 g/mol. The molecule has 2 rings (SSSR count). The summed E-state index contributed by atoms with van der Waals surface area (Å²) in [6, 6.07) is 7.45. The molecular formula is C12H8ClF2NS. The van der Waals surface area contributed by atoms with E-state index in [9.17, 15) is 8.78 Å². The first-order chi connectivity index (χ1) is 8.16.